The molecule has 6 heteroatoms. The molecule has 1 aromatic heterocycles. The Hall–Kier alpha value is -2.28. The third kappa shape index (κ3) is 4.26. The number of aromatic nitrogens is 2. The fourth-order valence-corrected chi connectivity index (χ4v) is 5.13. The molecule has 154 valence electrons. The van der Waals surface area contributed by atoms with E-state index in [0.717, 1.165) is 66.5 Å². The zero-order valence-electron chi connectivity index (χ0n) is 17.0. The van der Waals surface area contributed by atoms with Crippen LogP contribution in [-0.4, -0.2) is 52.7 Å². The zero-order valence-corrected chi connectivity index (χ0v) is 17.8. The van der Waals surface area contributed by atoms with Crippen LogP contribution in [0.3, 0.4) is 0 Å². The Morgan fingerprint density at radius 1 is 1.03 bits per heavy atom. The molecule has 30 heavy (non-hydrogen) atoms. The van der Waals surface area contributed by atoms with E-state index in [-0.39, 0.29) is 5.78 Å². The van der Waals surface area contributed by atoms with E-state index in [4.69, 9.17) is 14.7 Å². The van der Waals surface area contributed by atoms with Crippen LogP contribution in [-0.2, 0) is 24.1 Å². The maximum Gasteiger partial charge on any atom is 0.173 e. The summed E-state index contributed by atoms with van der Waals surface area (Å²) < 4.78 is 5.44. The highest BCUT2D eigenvalue weighted by atomic mass is 32.2. The van der Waals surface area contributed by atoms with Gasteiger partial charge in [-0.1, -0.05) is 42.1 Å². The van der Waals surface area contributed by atoms with Gasteiger partial charge in [-0.2, -0.15) is 0 Å². The molecule has 0 saturated carbocycles. The van der Waals surface area contributed by atoms with Gasteiger partial charge in [-0.3, -0.25) is 9.69 Å². The molecule has 5 rings (SSSR count). The van der Waals surface area contributed by atoms with Crippen molar-refractivity contribution in [1.29, 1.82) is 0 Å². The quantitative estimate of drug-likeness (QED) is 0.343. The molecule has 1 fully saturated rings. The Labute approximate surface area is 180 Å². The molecular weight excluding hydrogens is 394 g/mol. The first-order chi connectivity index (χ1) is 14.8. The standard InChI is InChI=1S/C24H25N3O2S/c28-22(19-9-8-17-4-3-5-18(17)14-19)16-30-24-20-6-1-2-7-21(20)25-23(26-24)15-27-10-12-29-13-11-27/h1-2,6-9,14H,3-5,10-13,15-16H2. The van der Waals surface area contributed by atoms with E-state index in [1.54, 1.807) is 0 Å². The molecule has 1 aliphatic heterocycles. The second-order valence-electron chi connectivity index (χ2n) is 7.90. The molecule has 2 aliphatic rings. The number of aryl methyl sites for hydroxylation is 2. The van der Waals surface area contributed by atoms with Crippen molar-refractivity contribution in [3.8, 4) is 0 Å². The van der Waals surface area contributed by atoms with Crippen LogP contribution < -0.4 is 0 Å². The fourth-order valence-electron chi connectivity index (χ4n) is 4.20. The summed E-state index contributed by atoms with van der Waals surface area (Å²) in [6.45, 7) is 4.01. The van der Waals surface area contributed by atoms with E-state index in [1.807, 2.05) is 30.3 Å². The van der Waals surface area contributed by atoms with E-state index in [1.165, 1.54) is 29.3 Å². The van der Waals surface area contributed by atoms with Crippen LogP contribution in [0.1, 0.15) is 33.7 Å². The first kappa shape index (κ1) is 19.7. The summed E-state index contributed by atoms with van der Waals surface area (Å²) in [5.41, 5.74) is 4.48. The van der Waals surface area contributed by atoms with E-state index in [0.29, 0.717) is 12.3 Å². The minimum absolute atomic E-state index is 0.159. The van der Waals surface area contributed by atoms with Gasteiger partial charge < -0.3 is 4.74 Å². The molecule has 3 aromatic rings. The van der Waals surface area contributed by atoms with Crippen LogP contribution in [0.2, 0.25) is 0 Å². The van der Waals surface area contributed by atoms with Gasteiger partial charge in [0.2, 0.25) is 0 Å². The third-order valence-corrected chi connectivity index (χ3v) is 6.83. The highest BCUT2D eigenvalue weighted by Crippen LogP contribution is 2.28. The van der Waals surface area contributed by atoms with Gasteiger partial charge in [0, 0.05) is 24.0 Å². The largest absolute Gasteiger partial charge is 0.379 e. The Morgan fingerprint density at radius 3 is 2.77 bits per heavy atom. The van der Waals surface area contributed by atoms with Crippen molar-refractivity contribution >= 4 is 28.4 Å². The van der Waals surface area contributed by atoms with Gasteiger partial charge in [-0.15, -0.1) is 0 Å². The van der Waals surface area contributed by atoms with Gasteiger partial charge in [0.25, 0.3) is 0 Å². The number of hydrogen-bond acceptors (Lipinski definition) is 6. The van der Waals surface area contributed by atoms with Gasteiger partial charge in [0.1, 0.15) is 10.9 Å². The molecule has 2 heterocycles. The molecule has 0 amide bonds. The number of ketones is 1. The molecule has 0 bridgehead atoms. The number of morpholine rings is 1. The Bertz CT molecular complexity index is 1080. The number of para-hydroxylation sites is 1. The van der Waals surface area contributed by atoms with Crippen molar-refractivity contribution in [2.24, 2.45) is 0 Å². The number of fused-ring (bicyclic) bond motifs is 2. The second kappa shape index (κ2) is 8.84. The second-order valence-corrected chi connectivity index (χ2v) is 8.86. The molecular formula is C24H25N3O2S. The average Bonchev–Trinajstić information content (AvgIpc) is 3.26. The molecule has 1 saturated heterocycles. The number of nitrogens with zero attached hydrogens (tertiary/aromatic N) is 3. The summed E-state index contributed by atoms with van der Waals surface area (Å²) in [6, 6.07) is 14.3. The fraction of sp³-hybridized carbons (Fsp3) is 0.375. The van der Waals surface area contributed by atoms with Gasteiger partial charge in [0.05, 0.1) is 31.0 Å². The minimum atomic E-state index is 0.159. The number of thioether (sulfide) groups is 1. The zero-order chi connectivity index (χ0) is 20.3. The maximum absolute atomic E-state index is 12.9. The Morgan fingerprint density at radius 2 is 1.87 bits per heavy atom. The minimum Gasteiger partial charge on any atom is -0.379 e. The molecule has 0 atom stereocenters. The lowest BCUT2D eigenvalue weighted by atomic mass is 10.0. The van der Waals surface area contributed by atoms with Crippen LogP contribution in [0.4, 0.5) is 0 Å². The van der Waals surface area contributed by atoms with E-state index in [9.17, 15) is 4.79 Å². The van der Waals surface area contributed by atoms with Crippen molar-refractivity contribution in [2.45, 2.75) is 30.8 Å². The van der Waals surface area contributed by atoms with Crippen molar-refractivity contribution in [3.63, 3.8) is 0 Å². The Kier molecular flexibility index (Phi) is 5.79. The number of carbonyl (C=O) groups is 1. The van der Waals surface area contributed by atoms with Crippen molar-refractivity contribution in [3.05, 3.63) is 65.0 Å². The normalized spacial score (nSPS) is 16.7. The highest BCUT2D eigenvalue weighted by Gasteiger charge is 2.17. The van der Waals surface area contributed by atoms with Crippen LogP contribution in [0, 0.1) is 0 Å². The summed E-state index contributed by atoms with van der Waals surface area (Å²) in [5.74, 6) is 1.35. The smallest absolute Gasteiger partial charge is 0.173 e. The van der Waals surface area contributed by atoms with E-state index < -0.39 is 0 Å². The topological polar surface area (TPSA) is 55.3 Å². The monoisotopic (exact) mass is 419 g/mol. The average molecular weight is 420 g/mol. The summed E-state index contributed by atoms with van der Waals surface area (Å²) >= 11 is 1.52. The molecule has 0 radical (unpaired) electrons. The van der Waals surface area contributed by atoms with Crippen molar-refractivity contribution < 1.29 is 9.53 Å². The first-order valence-corrected chi connectivity index (χ1v) is 11.6. The van der Waals surface area contributed by atoms with Crippen LogP contribution in [0.15, 0.2) is 47.5 Å². The maximum atomic E-state index is 12.9. The number of rotatable bonds is 6. The summed E-state index contributed by atoms with van der Waals surface area (Å²) in [7, 11) is 0. The predicted octanol–water partition coefficient (Wildman–Crippen LogP) is 3.93. The molecule has 0 unspecified atom stereocenters. The predicted molar refractivity (Wildman–Crippen MR) is 119 cm³/mol. The van der Waals surface area contributed by atoms with E-state index in [2.05, 4.69) is 17.0 Å². The number of ether oxygens (including phenoxy) is 1. The lowest BCUT2D eigenvalue weighted by Gasteiger charge is -2.25. The van der Waals surface area contributed by atoms with Crippen LogP contribution in [0.5, 0.6) is 0 Å². The third-order valence-electron chi connectivity index (χ3n) is 5.84. The number of Topliss-reactive ketones (excluding diaryl/α,β-unsaturated/α-hetero) is 1. The van der Waals surface area contributed by atoms with Crippen LogP contribution >= 0.6 is 11.8 Å². The molecule has 1 aliphatic carbocycles. The van der Waals surface area contributed by atoms with Crippen molar-refractivity contribution in [2.75, 3.05) is 32.1 Å². The van der Waals surface area contributed by atoms with Crippen LogP contribution in [0.25, 0.3) is 10.9 Å². The van der Waals surface area contributed by atoms with Crippen molar-refractivity contribution in [1.82, 2.24) is 14.9 Å². The highest BCUT2D eigenvalue weighted by molar-refractivity contribution is 8.00. The molecule has 5 nitrogen and oxygen atoms in total. The summed E-state index contributed by atoms with van der Waals surface area (Å²) in [6.07, 6.45) is 3.42. The SMILES string of the molecule is O=C(CSc1nc(CN2CCOCC2)nc2ccccc12)c1ccc2c(c1)CCC2. The Balaban J connectivity index is 1.35. The summed E-state index contributed by atoms with van der Waals surface area (Å²) in [5, 5.41) is 1.90. The first-order valence-electron chi connectivity index (χ1n) is 10.6. The van der Waals surface area contributed by atoms with E-state index >= 15 is 0 Å². The van der Waals surface area contributed by atoms with Gasteiger partial charge >= 0.3 is 0 Å². The number of hydrogen-bond donors (Lipinski definition) is 0. The summed E-state index contributed by atoms with van der Waals surface area (Å²) in [4.78, 5) is 24.8. The number of carbonyl (C=O) groups excluding carboxylic acids is 1. The number of benzene rings is 2. The lowest BCUT2D eigenvalue weighted by Crippen LogP contribution is -2.36. The molecule has 0 spiro atoms. The molecule has 2 aromatic carbocycles. The lowest BCUT2D eigenvalue weighted by molar-refractivity contribution is 0.0330. The van der Waals surface area contributed by atoms with Gasteiger partial charge in [0.15, 0.2) is 5.78 Å². The van der Waals surface area contributed by atoms with Gasteiger partial charge in [-0.25, -0.2) is 9.97 Å². The molecule has 0 N–H and O–H groups in total. The van der Waals surface area contributed by atoms with Gasteiger partial charge in [-0.05, 0) is 42.5 Å².